The number of carbonyl (C=O) groups is 1. The molecule has 1 amide bonds. The van der Waals surface area contributed by atoms with Crippen LogP contribution < -0.4 is 5.32 Å². The van der Waals surface area contributed by atoms with Crippen molar-refractivity contribution in [2.75, 3.05) is 0 Å². The van der Waals surface area contributed by atoms with Crippen molar-refractivity contribution in [3.05, 3.63) is 65.7 Å². The minimum absolute atomic E-state index is 0.126. The van der Waals surface area contributed by atoms with Crippen molar-refractivity contribution in [3.8, 4) is 0 Å². The normalized spacial score (nSPS) is 28.9. The van der Waals surface area contributed by atoms with E-state index in [4.69, 9.17) is 0 Å². The monoisotopic (exact) mass is 367 g/mol. The topological polar surface area (TPSA) is 45.2 Å². The predicted molar refractivity (Wildman–Crippen MR) is 102 cm³/mol. The van der Waals surface area contributed by atoms with Gasteiger partial charge in [-0.05, 0) is 56.0 Å². The van der Waals surface area contributed by atoms with Crippen molar-refractivity contribution in [3.63, 3.8) is 0 Å². The van der Waals surface area contributed by atoms with E-state index < -0.39 is 0 Å². The Morgan fingerprint density at radius 1 is 1.22 bits per heavy atom. The summed E-state index contributed by atoms with van der Waals surface area (Å²) in [5.41, 5.74) is 1.82. The van der Waals surface area contributed by atoms with Gasteiger partial charge in [-0.25, -0.2) is 4.39 Å². The van der Waals surface area contributed by atoms with Crippen molar-refractivity contribution in [2.24, 2.45) is 0 Å². The summed E-state index contributed by atoms with van der Waals surface area (Å²) >= 11 is 0. The lowest BCUT2D eigenvalue weighted by atomic mass is 9.85. The second-order valence-electron chi connectivity index (χ2n) is 7.99. The number of hydrogen-bond acceptors (Lipinski definition) is 3. The van der Waals surface area contributed by atoms with E-state index in [1.54, 1.807) is 0 Å². The van der Waals surface area contributed by atoms with Crippen LogP contribution in [0.4, 0.5) is 4.39 Å². The molecule has 2 aliphatic rings. The Morgan fingerprint density at radius 2 is 2.04 bits per heavy atom. The maximum absolute atomic E-state index is 13.5. The van der Waals surface area contributed by atoms with Crippen LogP contribution >= 0.6 is 0 Å². The smallest absolute Gasteiger partial charge is 0.220 e. The fourth-order valence-electron chi connectivity index (χ4n) is 4.75. The van der Waals surface area contributed by atoms with Gasteiger partial charge < -0.3 is 5.32 Å². The Kier molecular flexibility index (Phi) is 4.96. The summed E-state index contributed by atoms with van der Waals surface area (Å²) in [6, 6.07) is 13.1. The van der Waals surface area contributed by atoms with E-state index in [-0.39, 0.29) is 29.3 Å². The average molecular weight is 367 g/mol. The van der Waals surface area contributed by atoms with E-state index in [2.05, 4.69) is 22.1 Å². The Bertz CT molecular complexity index is 795. The molecule has 0 aliphatic carbocycles. The summed E-state index contributed by atoms with van der Waals surface area (Å²) in [6.07, 6.45) is 6.25. The number of hydrogen-bond donors (Lipinski definition) is 1. The summed E-state index contributed by atoms with van der Waals surface area (Å²) in [4.78, 5) is 19.3. The molecule has 0 unspecified atom stereocenters. The molecule has 0 bridgehead atoms. The Hall–Kier alpha value is -2.27. The highest BCUT2D eigenvalue weighted by atomic mass is 19.1. The van der Waals surface area contributed by atoms with Crippen LogP contribution in [-0.4, -0.2) is 27.4 Å². The second kappa shape index (κ2) is 7.39. The van der Waals surface area contributed by atoms with Gasteiger partial charge in [0, 0.05) is 31.2 Å². The molecule has 142 valence electrons. The maximum atomic E-state index is 13.5. The van der Waals surface area contributed by atoms with Crippen molar-refractivity contribution >= 4 is 5.91 Å². The molecule has 3 heterocycles. The van der Waals surface area contributed by atoms with Gasteiger partial charge in [-0.3, -0.25) is 14.7 Å². The molecule has 0 saturated carbocycles. The lowest BCUT2D eigenvalue weighted by Gasteiger charge is -2.38. The van der Waals surface area contributed by atoms with Gasteiger partial charge >= 0.3 is 0 Å². The van der Waals surface area contributed by atoms with Crippen LogP contribution in [0.2, 0.25) is 0 Å². The molecule has 2 aliphatic heterocycles. The average Bonchev–Trinajstić information content (AvgIpc) is 2.90. The van der Waals surface area contributed by atoms with Gasteiger partial charge in [-0.2, -0.15) is 0 Å². The number of amides is 1. The number of carbonyl (C=O) groups excluding carboxylic acids is 1. The highest BCUT2D eigenvalue weighted by molar-refractivity contribution is 5.77. The minimum Gasteiger partial charge on any atom is -0.349 e. The SMILES string of the molecule is C[C@]12C[C@@H](c3ccc(F)cc3)N(Cc3ccccn3)[C@H]1CCCCC(=O)N2. The standard InChI is InChI=1S/C22H26FN3O/c1-22-14-19(16-9-11-17(23)12-10-16)26(15-18-6-4-5-13-24-18)20(22)7-2-3-8-21(27)25-22/h4-6,9-13,19-20H,2-3,7-8,14-15H2,1H3,(H,25,27)/t19-,20-,22-/m0/s1. The molecule has 2 fully saturated rings. The largest absolute Gasteiger partial charge is 0.349 e. The van der Waals surface area contributed by atoms with Crippen LogP contribution in [0.3, 0.4) is 0 Å². The molecule has 3 atom stereocenters. The lowest BCUT2D eigenvalue weighted by molar-refractivity contribution is -0.123. The predicted octanol–water partition coefficient (Wildman–Crippen LogP) is 3.99. The van der Waals surface area contributed by atoms with Gasteiger partial charge in [0.25, 0.3) is 0 Å². The quantitative estimate of drug-likeness (QED) is 0.892. The van der Waals surface area contributed by atoms with E-state index in [1.807, 2.05) is 36.5 Å². The highest BCUT2D eigenvalue weighted by Gasteiger charge is 2.50. The maximum Gasteiger partial charge on any atom is 0.220 e. The number of aromatic nitrogens is 1. The van der Waals surface area contributed by atoms with Crippen LogP contribution in [-0.2, 0) is 11.3 Å². The molecule has 4 nitrogen and oxygen atoms in total. The molecular formula is C22H26FN3O. The zero-order valence-corrected chi connectivity index (χ0v) is 15.7. The summed E-state index contributed by atoms with van der Waals surface area (Å²) in [5.74, 6) is -0.0849. The molecule has 4 rings (SSSR count). The van der Waals surface area contributed by atoms with Crippen molar-refractivity contribution in [1.82, 2.24) is 15.2 Å². The van der Waals surface area contributed by atoms with Crippen LogP contribution in [0.1, 0.15) is 56.3 Å². The highest BCUT2D eigenvalue weighted by Crippen LogP contribution is 2.45. The van der Waals surface area contributed by atoms with Gasteiger partial charge in [-0.1, -0.05) is 24.6 Å². The van der Waals surface area contributed by atoms with Gasteiger partial charge in [0.2, 0.25) is 5.91 Å². The molecule has 5 heteroatoms. The number of halogens is 1. The Labute approximate surface area is 159 Å². The molecular weight excluding hydrogens is 341 g/mol. The molecule has 1 aromatic carbocycles. The first-order valence-electron chi connectivity index (χ1n) is 9.77. The summed E-state index contributed by atoms with van der Waals surface area (Å²) in [5, 5.41) is 3.31. The minimum atomic E-state index is -0.286. The number of likely N-dealkylation sites (tertiary alicyclic amines) is 1. The van der Waals surface area contributed by atoms with Crippen LogP contribution in [0.15, 0.2) is 48.7 Å². The fraction of sp³-hybridized carbons (Fsp3) is 0.455. The lowest BCUT2D eigenvalue weighted by Crippen LogP contribution is -2.55. The van der Waals surface area contributed by atoms with Gasteiger partial charge in [0.1, 0.15) is 5.82 Å². The van der Waals surface area contributed by atoms with Crippen molar-refractivity contribution < 1.29 is 9.18 Å². The van der Waals surface area contributed by atoms with E-state index in [0.717, 1.165) is 43.5 Å². The van der Waals surface area contributed by atoms with Crippen LogP contribution in [0.5, 0.6) is 0 Å². The molecule has 1 N–H and O–H groups in total. The molecule has 1 aromatic heterocycles. The molecule has 2 aromatic rings. The number of nitrogens with one attached hydrogen (secondary N) is 1. The summed E-state index contributed by atoms with van der Waals surface area (Å²) in [6.45, 7) is 2.88. The number of nitrogens with zero attached hydrogens (tertiary/aromatic N) is 2. The first-order valence-corrected chi connectivity index (χ1v) is 9.77. The molecule has 2 saturated heterocycles. The zero-order chi connectivity index (χ0) is 18.9. The number of rotatable bonds is 3. The number of pyridine rings is 1. The van der Waals surface area contributed by atoms with E-state index in [1.165, 1.54) is 12.1 Å². The van der Waals surface area contributed by atoms with Gasteiger partial charge in [0.05, 0.1) is 11.2 Å². The zero-order valence-electron chi connectivity index (χ0n) is 15.7. The third kappa shape index (κ3) is 3.74. The Morgan fingerprint density at radius 3 is 2.78 bits per heavy atom. The van der Waals surface area contributed by atoms with Gasteiger partial charge in [0.15, 0.2) is 0 Å². The second-order valence-corrected chi connectivity index (χ2v) is 7.99. The molecule has 27 heavy (non-hydrogen) atoms. The van der Waals surface area contributed by atoms with E-state index >= 15 is 0 Å². The Balaban J connectivity index is 1.71. The van der Waals surface area contributed by atoms with Crippen molar-refractivity contribution in [1.29, 1.82) is 0 Å². The first-order chi connectivity index (χ1) is 13.0. The fourth-order valence-corrected chi connectivity index (χ4v) is 4.75. The first kappa shape index (κ1) is 18.1. The molecule has 0 radical (unpaired) electrons. The van der Waals surface area contributed by atoms with Crippen molar-refractivity contribution in [2.45, 2.75) is 63.2 Å². The van der Waals surface area contributed by atoms with E-state index in [9.17, 15) is 9.18 Å². The number of fused-ring (bicyclic) bond motifs is 1. The van der Waals surface area contributed by atoms with Gasteiger partial charge in [-0.15, -0.1) is 0 Å². The third-order valence-corrected chi connectivity index (χ3v) is 6.04. The van der Waals surface area contributed by atoms with Crippen LogP contribution in [0.25, 0.3) is 0 Å². The number of benzene rings is 1. The molecule has 0 spiro atoms. The van der Waals surface area contributed by atoms with E-state index in [0.29, 0.717) is 6.42 Å². The van der Waals surface area contributed by atoms with Crippen LogP contribution in [0, 0.1) is 5.82 Å². The summed E-state index contributed by atoms with van der Waals surface area (Å²) in [7, 11) is 0. The summed E-state index contributed by atoms with van der Waals surface area (Å²) < 4.78 is 13.5. The third-order valence-electron chi connectivity index (χ3n) is 6.04.